The molecule has 0 saturated heterocycles. The number of aryl methyl sites for hydroxylation is 2. The normalized spacial score (nSPS) is 11.0. The molecule has 112 valence electrons. The van der Waals surface area contributed by atoms with Gasteiger partial charge in [0.05, 0.1) is 29.5 Å². The molecule has 0 atom stereocenters. The number of fused-ring (bicyclic) bond motifs is 1. The van der Waals surface area contributed by atoms with E-state index < -0.39 is 0 Å². The number of benzene rings is 1. The number of nitrogens with zero attached hydrogens (tertiary/aromatic N) is 6. The fraction of sp³-hybridized carbons (Fsp3) is 0.118. The Bertz CT molecular complexity index is 991. The van der Waals surface area contributed by atoms with Crippen molar-refractivity contribution in [2.45, 2.75) is 13.8 Å². The summed E-state index contributed by atoms with van der Waals surface area (Å²) in [5.74, 6) is 0. The zero-order valence-corrected chi connectivity index (χ0v) is 12.8. The van der Waals surface area contributed by atoms with E-state index in [-0.39, 0.29) is 0 Å². The lowest BCUT2D eigenvalue weighted by molar-refractivity contribution is 0.880. The summed E-state index contributed by atoms with van der Waals surface area (Å²) in [5, 5.41) is 4.33. The van der Waals surface area contributed by atoms with Gasteiger partial charge in [0.1, 0.15) is 0 Å². The maximum Gasteiger partial charge on any atom is 0.198 e. The Morgan fingerprint density at radius 3 is 2.61 bits per heavy atom. The molecule has 0 fully saturated rings. The number of hydrogen-bond donors (Lipinski definition) is 0. The highest BCUT2D eigenvalue weighted by Gasteiger charge is 2.11. The average Bonchev–Trinajstić information content (AvgIpc) is 3.09. The van der Waals surface area contributed by atoms with Crippen LogP contribution in [-0.4, -0.2) is 29.7 Å². The minimum absolute atomic E-state index is 0.542. The van der Waals surface area contributed by atoms with Crippen LogP contribution < -0.4 is 0 Å². The van der Waals surface area contributed by atoms with Crippen molar-refractivity contribution >= 4 is 11.3 Å². The summed E-state index contributed by atoms with van der Waals surface area (Å²) < 4.78 is 1.83. The highest BCUT2D eigenvalue weighted by atomic mass is 15.3. The first-order valence-corrected chi connectivity index (χ1v) is 7.28. The summed E-state index contributed by atoms with van der Waals surface area (Å²) >= 11 is 0. The Morgan fingerprint density at radius 2 is 1.78 bits per heavy atom. The number of aromatic nitrogens is 6. The van der Waals surface area contributed by atoms with Crippen LogP contribution >= 0.6 is 0 Å². The van der Waals surface area contributed by atoms with Gasteiger partial charge in [-0.25, -0.2) is 24.6 Å². The number of rotatable bonds is 2. The second kappa shape index (κ2) is 5.24. The monoisotopic (exact) mass is 302 g/mol. The van der Waals surface area contributed by atoms with Crippen LogP contribution in [0, 0.1) is 13.8 Å². The van der Waals surface area contributed by atoms with Crippen LogP contribution in [0.4, 0.5) is 0 Å². The molecule has 4 rings (SSSR count). The van der Waals surface area contributed by atoms with Gasteiger partial charge >= 0.3 is 0 Å². The molecular weight excluding hydrogens is 288 g/mol. The molecule has 6 heteroatoms. The molecular formula is C17H14N6. The first kappa shape index (κ1) is 13.5. The summed E-state index contributed by atoms with van der Waals surface area (Å²) in [6, 6.07) is 8.06. The molecule has 0 aliphatic carbocycles. The molecule has 0 saturated carbocycles. The van der Waals surface area contributed by atoms with Gasteiger partial charge in [-0.15, -0.1) is 0 Å². The summed E-state index contributed by atoms with van der Waals surface area (Å²) in [6.45, 7) is 3.94. The van der Waals surface area contributed by atoms with Crippen LogP contribution in [0.2, 0.25) is 0 Å². The van der Waals surface area contributed by atoms with Crippen LogP contribution in [0.3, 0.4) is 0 Å². The zero-order chi connectivity index (χ0) is 15.8. The van der Waals surface area contributed by atoms with Crippen molar-refractivity contribution in [1.82, 2.24) is 29.7 Å². The van der Waals surface area contributed by atoms with E-state index >= 15 is 0 Å². The number of hydrogen-bond acceptors (Lipinski definition) is 5. The minimum atomic E-state index is 0.542. The van der Waals surface area contributed by atoms with Crippen molar-refractivity contribution < 1.29 is 0 Å². The molecule has 1 aromatic carbocycles. The molecule has 3 heterocycles. The summed E-state index contributed by atoms with van der Waals surface area (Å²) in [6.07, 6.45) is 7.10. The molecule has 6 nitrogen and oxygen atoms in total. The highest BCUT2D eigenvalue weighted by Crippen LogP contribution is 2.26. The van der Waals surface area contributed by atoms with Gasteiger partial charge in [0.15, 0.2) is 11.3 Å². The Labute approximate surface area is 132 Å². The molecule has 0 unspecified atom stereocenters. The largest absolute Gasteiger partial charge is 0.240 e. The van der Waals surface area contributed by atoms with Crippen molar-refractivity contribution in [3.63, 3.8) is 0 Å². The standard InChI is InChI=1S/C17H14N6/c1-11-4-5-13(15(8-11)23-7-3-6-20-23)14-10-19-16-17(22-14)18-9-12(2)21-16/h3-10H,1-2H3. The van der Waals surface area contributed by atoms with Gasteiger partial charge in [-0.05, 0) is 31.5 Å². The van der Waals surface area contributed by atoms with E-state index in [1.165, 1.54) is 0 Å². The van der Waals surface area contributed by atoms with E-state index in [4.69, 9.17) is 0 Å². The van der Waals surface area contributed by atoms with Gasteiger partial charge in [-0.1, -0.05) is 12.1 Å². The van der Waals surface area contributed by atoms with E-state index in [0.29, 0.717) is 11.3 Å². The summed E-state index contributed by atoms with van der Waals surface area (Å²) in [4.78, 5) is 17.7. The second-order valence-electron chi connectivity index (χ2n) is 5.39. The summed E-state index contributed by atoms with van der Waals surface area (Å²) in [7, 11) is 0. The predicted molar refractivity (Wildman–Crippen MR) is 87.2 cm³/mol. The van der Waals surface area contributed by atoms with Gasteiger partial charge in [-0.3, -0.25) is 0 Å². The van der Waals surface area contributed by atoms with Gasteiger partial charge in [0.25, 0.3) is 0 Å². The van der Waals surface area contributed by atoms with Crippen LogP contribution in [0.15, 0.2) is 49.1 Å². The van der Waals surface area contributed by atoms with Crippen molar-refractivity contribution in [1.29, 1.82) is 0 Å². The Hall–Kier alpha value is -3.15. The zero-order valence-electron chi connectivity index (χ0n) is 12.8. The molecule has 0 N–H and O–H groups in total. The van der Waals surface area contributed by atoms with E-state index in [1.807, 2.05) is 29.9 Å². The predicted octanol–water partition coefficient (Wildman–Crippen LogP) is 2.89. The summed E-state index contributed by atoms with van der Waals surface area (Å²) in [5.41, 5.74) is 5.75. The van der Waals surface area contributed by atoms with Gasteiger partial charge < -0.3 is 0 Å². The SMILES string of the molecule is Cc1ccc(-c2cnc3nc(C)cnc3n2)c(-n2cccn2)c1. The molecule has 3 aromatic heterocycles. The lowest BCUT2D eigenvalue weighted by Gasteiger charge is -2.10. The van der Waals surface area contributed by atoms with Crippen molar-refractivity contribution in [3.8, 4) is 16.9 Å². The lowest BCUT2D eigenvalue weighted by Crippen LogP contribution is -2.01. The third kappa shape index (κ3) is 2.44. The first-order valence-electron chi connectivity index (χ1n) is 7.28. The molecule has 0 aliphatic rings. The molecule has 0 amide bonds. The molecule has 0 aliphatic heterocycles. The van der Waals surface area contributed by atoms with Crippen molar-refractivity contribution in [3.05, 3.63) is 60.3 Å². The van der Waals surface area contributed by atoms with E-state index in [0.717, 1.165) is 28.2 Å². The Kier molecular flexibility index (Phi) is 3.08. The highest BCUT2D eigenvalue weighted by molar-refractivity contribution is 5.74. The maximum atomic E-state index is 4.61. The quantitative estimate of drug-likeness (QED) is 0.569. The second-order valence-corrected chi connectivity index (χ2v) is 5.39. The topological polar surface area (TPSA) is 69.4 Å². The molecule has 23 heavy (non-hydrogen) atoms. The maximum absolute atomic E-state index is 4.61. The van der Waals surface area contributed by atoms with Gasteiger partial charge in [0, 0.05) is 18.0 Å². The van der Waals surface area contributed by atoms with Gasteiger partial charge in [0.2, 0.25) is 0 Å². The van der Waals surface area contributed by atoms with Crippen LogP contribution in [0.5, 0.6) is 0 Å². The lowest BCUT2D eigenvalue weighted by atomic mass is 10.1. The fourth-order valence-corrected chi connectivity index (χ4v) is 2.48. The molecule has 4 aromatic rings. The Balaban J connectivity index is 1.92. The third-order valence-electron chi connectivity index (χ3n) is 3.57. The van der Waals surface area contributed by atoms with Crippen LogP contribution in [0.1, 0.15) is 11.3 Å². The first-order chi connectivity index (χ1) is 11.2. The average molecular weight is 302 g/mol. The van der Waals surface area contributed by atoms with Crippen molar-refractivity contribution in [2.75, 3.05) is 0 Å². The third-order valence-corrected chi connectivity index (χ3v) is 3.57. The molecule has 0 spiro atoms. The van der Waals surface area contributed by atoms with E-state index in [2.05, 4.69) is 44.1 Å². The van der Waals surface area contributed by atoms with E-state index in [1.54, 1.807) is 18.6 Å². The Morgan fingerprint density at radius 1 is 0.957 bits per heavy atom. The van der Waals surface area contributed by atoms with Crippen LogP contribution in [0.25, 0.3) is 28.2 Å². The molecule has 0 radical (unpaired) electrons. The van der Waals surface area contributed by atoms with Crippen LogP contribution in [-0.2, 0) is 0 Å². The fourth-order valence-electron chi connectivity index (χ4n) is 2.48. The molecule has 0 bridgehead atoms. The van der Waals surface area contributed by atoms with E-state index in [9.17, 15) is 0 Å². The smallest absolute Gasteiger partial charge is 0.198 e. The minimum Gasteiger partial charge on any atom is -0.240 e. The van der Waals surface area contributed by atoms with Crippen molar-refractivity contribution in [2.24, 2.45) is 0 Å². The van der Waals surface area contributed by atoms with Gasteiger partial charge in [-0.2, -0.15) is 5.10 Å².